The van der Waals surface area contributed by atoms with Crippen LogP contribution < -0.4 is 0 Å². The minimum atomic E-state index is 0.633. The maximum Gasteiger partial charge on any atom is 0.192 e. The molecular formula is C18H18N4. The number of hydrogen-bond acceptors (Lipinski definition) is 3. The molecule has 0 aliphatic heterocycles. The minimum Gasteiger partial charge on any atom is -0.328 e. The van der Waals surface area contributed by atoms with E-state index in [9.17, 15) is 0 Å². The highest BCUT2D eigenvalue weighted by molar-refractivity contribution is 5.38. The SMILES string of the molecule is Cc1ccc(N=Nc2cn(Cc3ccccc3)c(C)n2)cc1. The first-order valence-electron chi connectivity index (χ1n) is 7.27. The molecule has 22 heavy (non-hydrogen) atoms. The second kappa shape index (κ2) is 6.35. The molecule has 1 aromatic heterocycles. The van der Waals surface area contributed by atoms with Crippen LogP contribution in [-0.2, 0) is 6.54 Å². The van der Waals surface area contributed by atoms with E-state index in [0.29, 0.717) is 5.82 Å². The van der Waals surface area contributed by atoms with Gasteiger partial charge in [-0.1, -0.05) is 48.0 Å². The van der Waals surface area contributed by atoms with Gasteiger partial charge in [-0.2, -0.15) is 0 Å². The van der Waals surface area contributed by atoms with Crippen molar-refractivity contribution in [3.05, 3.63) is 77.7 Å². The molecule has 0 N–H and O–H groups in total. The molecule has 0 saturated heterocycles. The lowest BCUT2D eigenvalue weighted by atomic mass is 10.2. The van der Waals surface area contributed by atoms with Crippen LogP contribution in [0.1, 0.15) is 17.0 Å². The van der Waals surface area contributed by atoms with Crippen LogP contribution in [0.15, 0.2) is 71.0 Å². The molecule has 4 nitrogen and oxygen atoms in total. The van der Waals surface area contributed by atoms with Crippen LogP contribution in [-0.4, -0.2) is 9.55 Å². The van der Waals surface area contributed by atoms with Crippen molar-refractivity contribution < 1.29 is 0 Å². The normalized spacial score (nSPS) is 11.2. The van der Waals surface area contributed by atoms with Crippen molar-refractivity contribution >= 4 is 11.5 Å². The molecule has 0 spiro atoms. The average Bonchev–Trinajstić information content (AvgIpc) is 2.88. The Hall–Kier alpha value is -2.75. The Morgan fingerprint density at radius 1 is 0.909 bits per heavy atom. The molecule has 0 bridgehead atoms. The molecule has 0 atom stereocenters. The summed E-state index contributed by atoms with van der Waals surface area (Å²) in [5.74, 6) is 1.57. The number of aromatic nitrogens is 2. The van der Waals surface area contributed by atoms with Gasteiger partial charge >= 0.3 is 0 Å². The van der Waals surface area contributed by atoms with Crippen molar-refractivity contribution in [2.45, 2.75) is 20.4 Å². The Morgan fingerprint density at radius 2 is 1.64 bits per heavy atom. The third-order valence-electron chi connectivity index (χ3n) is 3.46. The molecule has 3 aromatic rings. The highest BCUT2D eigenvalue weighted by atomic mass is 15.2. The number of benzene rings is 2. The molecule has 110 valence electrons. The third kappa shape index (κ3) is 3.47. The lowest BCUT2D eigenvalue weighted by Crippen LogP contribution is -1.99. The number of nitrogens with zero attached hydrogens (tertiary/aromatic N) is 4. The van der Waals surface area contributed by atoms with Crippen LogP contribution in [0.5, 0.6) is 0 Å². The van der Waals surface area contributed by atoms with Gasteiger partial charge in [0.2, 0.25) is 0 Å². The summed E-state index contributed by atoms with van der Waals surface area (Å²) < 4.78 is 2.08. The number of azo groups is 1. The molecule has 2 aromatic carbocycles. The van der Waals surface area contributed by atoms with Gasteiger partial charge in [-0.3, -0.25) is 0 Å². The highest BCUT2D eigenvalue weighted by Gasteiger charge is 2.04. The first kappa shape index (κ1) is 14.2. The van der Waals surface area contributed by atoms with Crippen molar-refractivity contribution in [1.29, 1.82) is 0 Å². The average molecular weight is 290 g/mol. The van der Waals surface area contributed by atoms with Gasteiger partial charge in [-0.25, -0.2) is 4.98 Å². The van der Waals surface area contributed by atoms with Crippen LogP contribution in [0.2, 0.25) is 0 Å². The molecular weight excluding hydrogens is 272 g/mol. The van der Waals surface area contributed by atoms with E-state index in [1.54, 1.807) is 0 Å². The summed E-state index contributed by atoms with van der Waals surface area (Å²) in [6.07, 6.45) is 1.93. The van der Waals surface area contributed by atoms with Gasteiger partial charge in [-0.15, -0.1) is 10.2 Å². The predicted octanol–water partition coefficient (Wildman–Crippen LogP) is 4.96. The first-order valence-corrected chi connectivity index (χ1v) is 7.27. The van der Waals surface area contributed by atoms with Crippen LogP contribution in [0.4, 0.5) is 11.5 Å². The molecule has 3 rings (SSSR count). The highest BCUT2D eigenvalue weighted by Crippen LogP contribution is 2.18. The van der Waals surface area contributed by atoms with Gasteiger partial charge in [0.1, 0.15) is 5.82 Å². The fraction of sp³-hybridized carbons (Fsp3) is 0.167. The van der Waals surface area contributed by atoms with Crippen LogP contribution >= 0.6 is 0 Å². The van der Waals surface area contributed by atoms with E-state index in [4.69, 9.17) is 0 Å². The number of rotatable bonds is 4. The molecule has 0 radical (unpaired) electrons. The zero-order valence-electron chi connectivity index (χ0n) is 12.8. The van der Waals surface area contributed by atoms with Crippen molar-refractivity contribution in [3.63, 3.8) is 0 Å². The summed E-state index contributed by atoms with van der Waals surface area (Å²) >= 11 is 0. The maximum atomic E-state index is 4.44. The van der Waals surface area contributed by atoms with Crippen molar-refractivity contribution in [3.8, 4) is 0 Å². The van der Waals surface area contributed by atoms with E-state index < -0.39 is 0 Å². The van der Waals surface area contributed by atoms with Crippen molar-refractivity contribution in [1.82, 2.24) is 9.55 Å². The Kier molecular flexibility index (Phi) is 4.10. The fourth-order valence-electron chi connectivity index (χ4n) is 2.20. The van der Waals surface area contributed by atoms with Crippen molar-refractivity contribution in [2.75, 3.05) is 0 Å². The van der Waals surface area contributed by atoms with Crippen LogP contribution in [0.25, 0.3) is 0 Å². The number of hydrogen-bond donors (Lipinski definition) is 0. The summed E-state index contributed by atoms with van der Waals surface area (Å²) in [6, 6.07) is 18.3. The molecule has 0 aliphatic carbocycles. The predicted molar refractivity (Wildman–Crippen MR) is 87.9 cm³/mol. The monoisotopic (exact) mass is 290 g/mol. The van der Waals surface area contributed by atoms with Gasteiger partial charge in [0.15, 0.2) is 5.82 Å². The summed E-state index contributed by atoms with van der Waals surface area (Å²) in [4.78, 5) is 4.44. The van der Waals surface area contributed by atoms with E-state index >= 15 is 0 Å². The van der Waals surface area contributed by atoms with Gasteiger partial charge < -0.3 is 4.57 Å². The largest absolute Gasteiger partial charge is 0.328 e. The quantitative estimate of drug-likeness (QED) is 0.626. The molecule has 0 unspecified atom stereocenters. The Morgan fingerprint density at radius 3 is 2.36 bits per heavy atom. The minimum absolute atomic E-state index is 0.633. The first-order chi connectivity index (χ1) is 10.7. The summed E-state index contributed by atoms with van der Waals surface area (Å²) in [7, 11) is 0. The van der Waals surface area contributed by atoms with Crippen LogP contribution in [0.3, 0.4) is 0 Å². The standard InChI is InChI=1S/C18H18N4/c1-14-8-10-17(11-9-14)20-21-18-13-22(15(2)19-18)12-16-6-4-3-5-7-16/h3-11,13H,12H2,1-2H3. The molecule has 0 fully saturated rings. The van der Waals surface area contributed by atoms with Gasteiger partial charge in [-0.05, 0) is 31.5 Å². The Labute approximate surface area is 130 Å². The lowest BCUT2D eigenvalue weighted by Gasteiger charge is -2.03. The zero-order chi connectivity index (χ0) is 15.4. The maximum absolute atomic E-state index is 4.44. The lowest BCUT2D eigenvalue weighted by molar-refractivity contribution is 0.762. The molecule has 4 heteroatoms. The second-order valence-corrected chi connectivity index (χ2v) is 5.30. The smallest absolute Gasteiger partial charge is 0.192 e. The topological polar surface area (TPSA) is 42.5 Å². The van der Waals surface area contributed by atoms with E-state index in [2.05, 4.69) is 38.8 Å². The summed E-state index contributed by atoms with van der Waals surface area (Å²) in [5, 5.41) is 8.45. The number of imidazole rings is 1. The van der Waals surface area contributed by atoms with Crippen LogP contribution in [0, 0.1) is 13.8 Å². The van der Waals surface area contributed by atoms with E-state index in [1.165, 1.54) is 11.1 Å². The molecule has 0 amide bonds. The summed E-state index contributed by atoms with van der Waals surface area (Å²) in [6.45, 7) is 4.82. The number of aryl methyl sites for hydroxylation is 2. The fourth-order valence-corrected chi connectivity index (χ4v) is 2.20. The van der Waals surface area contributed by atoms with Gasteiger partial charge in [0.05, 0.1) is 11.9 Å². The van der Waals surface area contributed by atoms with E-state index in [0.717, 1.165) is 18.1 Å². The molecule has 1 heterocycles. The third-order valence-corrected chi connectivity index (χ3v) is 3.46. The Bertz CT molecular complexity index is 771. The Balaban J connectivity index is 1.76. The summed E-state index contributed by atoms with van der Waals surface area (Å²) in [5.41, 5.74) is 3.29. The van der Waals surface area contributed by atoms with Crippen molar-refractivity contribution in [2.24, 2.45) is 10.2 Å². The second-order valence-electron chi connectivity index (χ2n) is 5.30. The van der Waals surface area contributed by atoms with E-state index in [-0.39, 0.29) is 0 Å². The zero-order valence-corrected chi connectivity index (χ0v) is 12.8. The van der Waals surface area contributed by atoms with Gasteiger partial charge in [0.25, 0.3) is 0 Å². The molecule has 0 saturated carbocycles. The molecule has 0 aliphatic rings. The van der Waals surface area contributed by atoms with E-state index in [1.807, 2.05) is 55.6 Å². The van der Waals surface area contributed by atoms with Gasteiger partial charge in [0, 0.05) is 6.54 Å².